The van der Waals surface area contributed by atoms with Crippen LogP contribution >= 0.6 is 0 Å². The van der Waals surface area contributed by atoms with Crippen LogP contribution in [0.3, 0.4) is 0 Å². The van der Waals surface area contributed by atoms with Crippen molar-refractivity contribution in [1.82, 2.24) is 5.32 Å². The van der Waals surface area contributed by atoms with Gasteiger partial charge in [0.1, 0.15) is 23.4 Å². The Morgan fingerprint density at radius 3 is 2.75 bits per heavy atom. The Morgan fingerprint density at radius 1 is 1.21 bits per heavy atom. The summed E-state index contributed by atoms with van der Waals surface area (Å²) < 4.78 is 51.8. The summed E-state index contributed by atoms with van der Waals surface area (Å²) in [4.78, 5) is -0.0473. The third kappa shape index (κ3) is 3.16. The average Bonchev–Trinajstić information content (AvgIpc) is 2.92. The Hall–Kier alpha value is -2.12. The zero-order valence-electron chi connectivity index (χ0n) is 16.2. The van der Waals surface area contributed by atoms with Gasteiger partial charge in [0.15, 0.2) is 0 Å². The third-order valence-corrected chi connectivity index (χ3v) is 7.27. The quantitative estimate of drug-likeness (QED) is 0.844. The van der Waals surface area contributed by atoms with E-state index in [0.717, 1.165) is 31.1 Å². The van der Waals surface area contributed by atoms with Crippen molar-refractivity contribution in [1.29, 1.82) is 0 Å². The number of piperidine rings is 1. The zero-order chi connectivity index (χ0) is 20.1. The van der Waals surface area contributed by atoms with E-state index < -0.39 is 15.7 Å². The highest BCUT2D eigenvalue weighted by atomic mass is 32.2. The average molecular weight is 405 g/mol. The second-order valence-corrected chi connectivity index (χ2v) is 9.88. The minimum Gasteiger partial charge on any atom is -0.491 e. The molecule has 0 aromatic heterocycles. The summed E-state index contributed by atoms with van der Waals surface area (Å²) in [5, 5.41) is 3.32. The Balaban J connectivity index is 1.73. The summed E-state index contributed by atoms with van der Waals surface area (Å²) in [5.41, 5.74) is 0.904. The van der Waals surface area contributed by atoms with Crippen molar-refractivity contribution in [2.45, 2.75) is 54.6 Å². The molecule has 2 aromatic rings. The van der Waals surface area contributed by atoms with Crippen LogP contribution in [0.1, 0.15) is 32.8 Å². The van der Waals surface area contributed by atoms with Gasteiger partial charge in [-0.15, -0.1) is 0 Å². The fourth-order valence-electron chi connectivity index (χ4n) is 4.01. The molecular weight excluding hydrogens is 381 g/mol. The summed E-state index contributed by atoms with van der Waals surface area (Å²) in [6.45, 7) is 7.38. The fraction of sp³-hybridized carbons (Fsp3) is 0.429. The van der Waals surface area contributed by atoms with Gasteiger partial charge in [-0.2, -0.15) is 0 Å². The Morgan fingerprint density at radius 2 is 2.00 bits per heavy atom. The molecule has 2 unspecified atom stereocenters. The first-order valence-electron chi connectivity index (χ1n) is 9.44. The molecule has 2 heterocycles. The predicted molar refractivity (Wildman–Crippen MR) is 103 cm³/mol. The molecule has 4 rings (SSSR count). The van der Waals surface area contributed by atoms with Crippen molar-refractivity contribution in [3.05, 3.63) is 47.8 Å². The highest BCUT2D eigenvalue weighted by Crippen LogP contribution is 2.47. The first-order valence-corrected chi connectivity index (χ1v) is 10.9. The minimum absolute atomic E-state index is 0.0191. The molecule has 5 nitrogen and oxygen atoms in total. The Labute approximate surface area is 164 Å². The molecule has 1 saturated heterocycles. The van der Waals surface area contributed by atoms with Crippen LogP contribution in [0.15, 0.2) is 46.2 Å². The molecule has 0 bridgehead atoms. The van der Waals surface area contributed by atoms with Crippen LogP contribution in [-0.2, 0) is 15.3 Å². The predicted octanol–water partition coefficient (Wildman–Crippen LogP) is 3.46. The minimum atomic E-state index is -3.91. The molecule has 0 spiro atoms. The highest BCUT2D eigenvalue weighted by Gasteiger charge is 2.46. The maximum Gasteiger partial charge on any atom is 0.206 e. The lowest BCUT2D eigenvalue weighted by atomic mass is 9.74. The molecule has 2 aliphatic rings. The summed E-state index contributed by atoms with van der Waals surface area (Å²) in [7, 11) is -3.91. The number of sulfone groups is 1. The number of nitrogens with one attached hydrogen (secondary N) is 1. The van der Waals surface area contributed by atoms with Crippen LogP contribution in [0.2, 0.25) is 0 Å². The van der Waals surface area contributed by atoms with Crippen LogP contribution in [0.5, 0.6) is 11.5 Å². The molecule has 1 fully saturated rings. The summed E-state index contributed by atoms with van der Waals surface area (Å²) >= 11 is 0. The second-order valence-electron chi connectivity index (χ2n) is 7.93. The van der Waals surface area contributed by atoms with Gasteiger partial charge in [0, 0.05) is 23.6 Å². The van der Waals surface area contributed by atoms with Gasteiger partial charge < -0.3 is 14.8 Å². The third-order valence-electron chi connectivity index (χ3n) is 5.54. The van der Waals surface area contributed by atoms with E-state index in [9.17, 15) is 12.8 Å². The van der Waals surface area contributed by atoms with Gasteiger partial charge in [-0.1, -0.05) is 13.0 Å². The van der Waals surface area contributed by atoms with Gasteiger partial charge in [-0.25, -0.2) is 12.8 Å². The maximum atomic E-state index is 14.0. The number of ether oxygens (including phenoxy) is 2. The van der Waals surface area contributed by atoms with Crippen LogP contribution in [-0.4, -0.2) is 33.7 Å². The van der Waals surface area contributed by atoms with Crippen LogP contribution < -0.4 is 14.8 Å². The zero-order valence-corrected chi connectivity index (χ0v) is 17.0. The standard InChI is InChI=1S/C21H24FNO4S/c1-13(2)26-15-8-14(22)9-17(10-15)28(24,25)16-4-5-18-19(11-16)27-20-12-23-7-6-21(18,20)3/h4-5,8-11,13,20,23H,6-7,12H2,1-3H3. The van der Waals surface area contributed by atoms with Gasteiger partial charge in [0.25, 0.3) is 0 Å². The van der Waals surface area contributed by atoms with Gasteiger partial charge in [0.2, 0.25) is 9.84 Å². The summed E-state index contributed by atoms with van der Waals surface area (Å²) in [6.07, 6.45) is 0.717. The first-order chi connectivity index (χ1) is 13.2. The van der Waals surface area contributed by atoms with Crippen LogP contribution in [0, 0.1) is 5.82 Å². The monoisotopic (exact) mass is 405 g/mol. The van der Waals surface area contributed by atoms with Crippen molar-refractivity contribution >= 4 is 9.84 Å². The van der Waals surface area contributed by atoms with Crippen molar-refractivity contribution in [2.24, 2.45) is 0 Å². The number of halogens is 1. The van der Waals surface area contributed by atoms with Gasteiger partial charge in [-0.3, -0.25) is 0 Å². The molecule has 28 heavy (non-hydrogen) atoms. The number of rotatable bonds is 4. The van der Waals surface area contributed by atoms with Crippen molar-refractivity contribution in [3.63, 3.8) is 0 Å². The van der Waals surface area contributed by atoms with E-state index in [2.05, 4.69) is 12.2 Å². The van der Waals surface area contributed by atoms with Gasteiger partial charge in [0.05, 0.1) is 15.9 Å². The topological polar surface area (TPSA) is 64.6 Å². The van der Waals surface area contributed by atoms with E-state index in [1.807, 2.05) is 6.07 Å². The molecule has 0 saturated carbocycles. The van der Waals surface area contributed by atoms with Crippen molar-refractivity contribution in [2.75, 3.05) is 13.1 Å². The van der Waals surface area contributed by atoms with Crippen LogP contribution in [0.4, 0.5) is 4.39 Å². The van der Waals surface area contributed by atoms with E-state index in [-0.39, 0.29) is 33.2 Å². The largest absolute Gasteiger partial charge is 0.491 e. The lowest BCUT2D eigenvalue weighted by Gasteiger charge is -2.35. The number of hydrogen-bond donors (Lipinski definition) is 1. The molecular formula is C21H24FNO4S. The second kappa shape index (κ2) is 6.74. The van der Waals surface area contributed by atoms with E-state index in [1.165, 1.54) is 12.1 Å². The molecule has 2 atom stereocenters. The molecule has 1 N–H and O–H groups in total. The van der Waals surface area contributed by atoms with E-state index in [4.69, 9.17) is 9.47 Å². The lowest BCUT2D eigenvalue weighted by Crippen LogP contribution is -2.49. The normalized spacial score (nSPS) is 23.8. The van der Waals surface area contributed by atoms with E-state index in [1.54, 1.807) is 26.0 Å². The van der Waals surface area contributed by atoms with Gasteiger partial charge in [-0.05, 0) is 51.1 Å². The maximum absolute atomic E-state index is 14.0. The Kier molecular flexibility index (Phi) is 4.62. The molecule has 2 aliphatic heterocycles. The summed E-state index contributed by atoms with van der Waals surface area (Å²) in [5.74, 6) is 0.127. The molecule has 0 amide bonds. The van der Waals surface area contributed by atoms with Crippen LogP contribution in [0.25, 0.3) is 0 Å². The van der Waals surface area contributed by atoms with E-state index in [0.29, 0.717) is 5.75 Å². The van der Waals surface area contributed by atoms with Crippen molar-refractivity contribution in [3.8, 4) is 11.5 Å². The van der Waals surface area contributed by atoms with E-state index >= 15 is 0 Å². The summed E-state index contributed by atoms with van der Waals surface area (Å²) in [6, 6.07) is 8.53. The highest BCUT2D eigenvalue weighted by molar-refractivity contribution is 7.91. The molecule has 0 radical (unpaired) electrons. The molecule has 150 valence electrons. The number of fused-ring (bicyclic) bond motifs is 3. The fourth-order valence-corrected chi connectivity index (χ4v) is 5.33. The molecule has 0 aliphatic carbocycles. The molecule has 7 heteroatoms. The first kappa shape index (κ1) is 19.2. The Bertz CT molecular complexity index is 1020. The number of benzene rings is 2. The number of hydrogen-bond acceptors (Lipinski definition) is 5. The SMILES string of the molecule is CC(C)Oc1cc(F)cc(S(=O)(=O)c2ccc3c(c2)OC2CNCCC32C)c1. The smallest absolute Gasteiger partial charge is 0.206 e. The lowest BCUT2D eigenvalue weighted by molar-refractivity contribution is 0.123. The van der Waals surface area contributed by atoms with Crippen molar-refractivity contribution < 1.29 is 22.3 Å². The van der Waals surface area contributed by atoms with Gasteiger partial charge >= 0.3 is 0 Å². The molecule has 2 aromatic carbocycles.